The van der Waals surface area contributed by atoms with E-state index in [1.807, 2.05) is 22.6 Å². The highest BCUT2D eigenvalue weighted by Crippen LogP contribution is 2.82. The highest BCUT2D eigenvalue weighted by Gasteiger charge is 2.96. The maximum Gasteiger partial charge on any atom is 0.338 e. The summed E-state index contributed by atoms with van der Waals surface area (Å²) in [6.07, 6.45) is -6.62. The Hall–Kier alpha value is -2.86. The Labute approximate surface area is 278 Å². The van der Waals surface area contributed by atoms with Crippen molar-refractivity contribution in [2.45, 2.75) is 101 Å². The van der Waals surface area contributed by atoms with Crippen LogP contribution in [0.25, 0.3) is 0 Å². The van der Waals surface area contributed by atoms with Crippen LogP contribution in [-0.2, 0) is 61.8 Å². The molecule has 14 nitrogen and oxygen atoms in total. The fourth-order valence-corrected chi connectivity index (χ4v) is 8.84. The van der Waals surface area contributed by atoms with E-state index in [0.29, 0.717) is 5.56 Å². The zero-order chi connectivity index (χ0) is 33.2. The van der Waals surface area contributed by atoms with Crippen molar-refractivity contribution in [3.05, 3.63) is 35.9 Å². The lowest BCUT2D eigenvalue weighted by molar-refractivity contribution is -0.422. The highest BCUT2D eigenvalue weighted by atomic mass is 127. The van der Waals surface area contributed by atoms with Gasteiger partial charge < -0.3 is 42.6 Å². The molecule has 3 aliphatic carbocycles. The van der Waals surface area contributed by atoms with Gasteiger partial charge in [-0.25, -0.2) is 4.79 Å². The Morgan fingerprint density at radius 1 is 0.870 bits per heavy atom. The van der Waals surface area contributed by atoms with Crippen LogP contribution in [0.3, 0.4) is 0 Å². The topological polar surface area (TPSA) is 168 Å². The third-order valence-electron chi connectivity index (χ3n) is 9.66. The molecule has 1 aromatic rings. The summed E-state index contributed by atoms with van der Waals surface area (Å²) >= 11 is 2.04. The van der Waals surface area contributed by atoms with Crippen LogP contribution in [0.5, 0.6) is 0 Å². The summed E-state index contributed by atoms with van der Waals surface area (Å²) in [5, 5.41) is 0. The number of halogens is 1. The molecule has 3 saturated carbocycles. The first kappa shape index (κ1) is 33.1. The molecule has 4 heterocycles. The van der Waals surface area contributed by atoms with Crippen LogP contribution in [0.4, 0.5) is 0 Å². The Kier molecular flexibility index (Phi) is 8.39. The minimum absolute atomic E-state index is 0.0965. The van der Waals surface area contributed by atoms with Gasteiger partial charge in [-0.1, -0.05) is 40.8 Å². The molecular weight excluding hydrogens is 723 g/mol. The number of carbonyl (C=O) groups excluding carboxylic acids is 5. The van der Waals surface area contributed by atoms with Crippen LogP contribution in [-0.4, -0.2) is 94.9 Å². The number of ether oxygens (including phenoxy) is 9. The highest BCUT2D eigenvalue weighted by molar-refractivity contribution is 14.1. The first-order valence-corrected chi connectivity index (χ1v) is 16.4. The lowest BCUT2D eigenvalue weighted by atomic mass is 9.41. The summed E-state index contributed by atoms with van der Waals surface area (Å²) in [5.74, 6) is -5.05. The predicted molar refractivity (Wildman–Crippen MR) is 159 cm³/mol. The molecule has 0 aromatic heterocycles. The Bertz CT molecular complexity index is 1440. The molecule has 0 spiro atoms. The molecule has 0 amide bonds. The molecule has 0 N–H and O–H groups in total. The predicted octanol–water partition coefficient (Wildman–Crippen LogP) is 2.37. The van der Waals surface area contributed by atoms with E-state index in [-0.39, 0.29) is 23.9 Å². The summed E-state index contributed by atoms with van der Waals surface area (Å²) in [7, 11) is 0. The standard InChI is InChI=1S/C31H35IO14/c1-15(33)39-22-20(12-32)42-26(24(41-17(3)35)23(22)40-16(2)34)44-31-11-21-29(31,14-38-25(37)19-9-7-6-8-10-19)27-45-28(31,5)13-30(21,46-27)43-18(4)36/h6-10,20-24,26-27H,11-14H2,1-5H3/t20-,21-,22-,23+,24-,26+,27-,28+,29+,30-,31-/m1/s1. The van der Waals surface area contributed by atoms with E-state index >= 15 is 0 Å². The van der Waals surface area contributed by atoms with E-state index < -0.39 is 95.2 Å². The van der Waals surface area contributed by atoms with Crippen molar-refractivity contribution in [3.8, 4) is 0 Å². The summed E-state index contributed by atoms with van der Waals surface area (Å²) < 4.78 is 54.8. The van der Waals surface area contributed by atoms with Gasteiger partial charge in [0.1, 0.15) is 23.9 Å². The second-order valence-corrected chi connectivity index (χ2v) is 13.4. The van der Waals surface area contributed by atoms with Crippen LogP contribution in [0.2, 0.25) is 0 Å². The van der Waals surface area contributed by atoms with Gasteiger partial charge in [-0.2, -0.15) is 0 Å². The van der Waals surface area contributed by atoms with Gasteiger partial charge in [0, 0.05) is 44.5 Å². The van der Waals surface area contributed by atoms with Crippen LogP contribution in [0.1, 0.15) is 57.8 Å². The lowest BCUT2D eigenvalue weighted by Gasteiger charge is -2.68. The number of hydrogen-bond acceptors (Lipinski definition) is 14. The molecule has 8 rings (SSSR count). The Morgan fingerprint density at radius 2 is 1.50 bits per heavy atom. The minimum atomic E-state index is -1.37. The van der Waals surface area contributed by atoms with Crippen molar-refractivity contribution in [2.24, 2.45) is 11.3 Å². The molecule has 46 heavy (non-hydrogen) atoms. The van der Waals surface area contributed by atoms with Crippen molar-refractivity contribution in [2.75, 3.05) is 11.0 Å². The van der Waals surface area contributed by atoms with Crippen LogP contribution in [0, 0.1) is 11.3 Å². The van der Waals surface area contributed by atoms with E-state index in [9.17, 15) is 24.0 Å². The molecule has 6 bridgehead atoms. The van der Waals surface area contributed by atoms with E-state index in [2.05, 4.69) is 0 Å². The number of hydrogen-bond donors (Lipinski definition) is 0. The molecule has 4 aliphatic heterocycles. The van der Waals surface area contributed by atoms with Gasteiger partial charge in [-0.05, 0) is 25.5 Å². The minimum Gasteiger partial charge on any atom is -0.461 e. The van der Waals surface area contributed by atoms with Gasteiger partial charge in [-0.15, -0.1) is 0 Å². The monoisotopic (exact) mass is 758 g/mol. The first-order valence-electron chi connectivity index (χ1n) is 14.9. The third kappa shape index (κ3) is 4.91. The van der Waals surface area contributed by atoms with Crippen molar-refractivity contribution in [1.82, 2.24) is 0 Å². The lowest BCUT2D eigenvalue weighted by Crippen LogP contribution is -2.81. The summed E-state index contributed by atoms with van der Waals surface area (Å²) in [4.78, 5) is 62.2. The smallest absolute Gasteiger partial charge is 0.338 e. The summed E-state index contributed by atoms with van der Waals surface area (Å²) in [6, 6.07) is 8.45. The van der Waals surface area contributed by atoms with Gasteiger partial charge in [0.25, 0.3) is 0 Å². The number of esters is 5. The molecule has 0 unspecified atom stereocenters. The van der Waals surface area contributed by atoms with E-state index in [1.54, 1.807) is 37.3 Å². The fraction of sp³-hybridized carbons (Fsp3) is 0.645. The number of alkyl halides is 1. The maximum absolute atomic E-state index is 13.2. The van der Waals surface area contributed by atoms with Crippen LogP contribution in [0.15, 0.2) is 30.3 Å². The van der Waals surface area contributed by atoms with Gasteiger partial charge in [0.15, 0.2) is 30.9 Å². The van der Waals surface area contributed by atoms with E-state index in [0.717, 1.165) is 0 Å². The van der Waals surface area contributed by atoms with Gasteiger partial charge in [0.05, 0.1) is 11.0 Å². The first-order chi connectivity index (χ1) is 21.7. The zero-order valence-electron chi connectivity index (χ0n) is 25.9. The number of carbonyl (C=O) groups is 5. The molecule has 250 valence electrons. The van der Waals surface area contributed by atoms with Crippen molar-refractivity contribution < 1.29 is 66.6 Å². The molecule has 15 heteroatoms. The molecular formula is C31H35IO14. The van der Waals surface area contributed by atoms with Crippen LogP contribution >= 0.6 is 22.6 Å². The van der Waals surface area contributed by atoms with Crippen molar-refractivity contribution >= 4 is 52.4 Å². The van der Waals surface area contributed by atoms with E-state index in [1.165, 1.54) is 27.7 Å². The average Bonchev–Trinajstić information content (AvgIpc) is 3.16. The maximum atomic E-state index is 13.2. The molecule has 4 saturated heterocycles. The summed E-state index contributed by atoms with van der Waals surface area (Å²) in [5.41, 5.74) is -3.28. The molecule has 7 aliphatic rings. The van der Waals surface area contributed by atoms with E-state index in [4.69, 9.17) is 42.6 Å². The third-order valence-corrected chi connectivity index (χ3v) is 10.5. The molecule has 0 radical (unpaired) electrons. The van der Waals surface area contributed by atoms with Crippen molar-refractivity contribution in [1.29, 1.82) is 0 Å². The largest absolute Gasteiger partial charge is 0.461 e. The molecule has 1 aromatic carbocycles. The molecule has 11 atom stereocenters. The second-order valence-electron chi connectivity index (χ2n) is 12.5. The van der Waals surface area contributed by atoms with Crippen molar-refractivity contribution in [3.63, 3.8) is 0 Å². The zero-order valence-corrected chi connectivity index (χ0v) is 28.0. The Morgan fingerprint density at radius 3 is 2.11 bits per heavy atom. The SMILES string of the molecule is CC(=O)O[C@@H]1[C@@H](OC(C)=O)[C@H](O[C@]23C[C@H]4[C@@]5(OC(C)=O)C[C@]2(C)O[C@H](O5)[C@]43COC(=O)c2ccccc2)O[C@H](CI)[C@H]1OC(C)=O. The summed E-state index contributed by atoms with van der Waals surface area (Å²) in [6.45, 7) is 6.42. The fourth-order valence-electron chi connectivity index (χ4n) is 8.13. The number of rotatable bonds is 10. The van der Waals surface area contributed by atoms with Gasteiger partial charge >= 0.3 is 29.8 Å². The number of benzene rings is 1. The average molecular weight is 759 g/mol. The normalized spacial score (nSPS) is 41.2. The quantitative estimate of drug-likeness (QED) is 0.148. The van der Waals surface area contributed by atoms with Gasteiger partial charge in [-0.3, -0.25) is 19.2 Å². The Balaban J connectivity index is 1.39. The second kappa shape index (κ2) is 11.7. The molecule has 7 fully saturated rings. The van der Waals surface area contributed by atoms with Gasteiger partial charge in [0.2, 0.25) is 5.79 Å². The van der Waals surface area contributed by atoms with Crippen LogP contribution < -0.4 is 0 Å².